The number of nitrogens with one attached hydrogen (secondary N) is 1. The summed E-state index contributed by atoms with van der Waals surface area (Å²) in [6, 6.07) is 6.59. The van der Waals surface area contributed by atoms with Crippen molar-refractivity contribution in [1.82, 2.24) is 0 Å². The number of aldehydes is 1. The number of hydrogen-bond acceptors (Lipinski definition) is 2. The molecule has 3 nitrogen and oxygen atoms in total. The first-order valence-electron chi connectivity index (χ1n) is 3.05. The number of benzene rings is 1. The Hall–Kier alpha value is -1.64. The van der Waals surface area contributed by atoms with Crippen LogP contribution >= 0.6 is 0 Å². The lowest BCUT2D eigenvalue weighted by Gasteiger charge is -1.96. The number of carbonyl (C=O) groups is 1. The summed E-state index contributed by atoms with van der Waals surface area (Å²) in [6.07, 6.45) is 2.24. The van der Waals surface area contributed by atoms with Gasteiger partial charge < -0.3 is 5.32 Å². The zero-order chi connectivity index (χ0) is 8.10. The fourth-order valence-corrected chi connectivity index (χ4v) is 0.749. The first-order chi connectivity index (χ1) is 5.36. The fraction of sp³-hybridized carbons (Fsp3) is 0. The second kappa shape index (κ2) is 3.51. The van der Waals surface area contributed by atoms with Crippen LogP contribution < -0.4 is 5.32 Å². The third-order valence-corrected chi connectivity index (χ3v) is 1.22. The number of amides is 1. The van der Waals surface area contributed by atoms with E-state index >= 15 is 0 Å². The highest BCUT2D eigenvalue weighted by molar-refractivity contribution is 5.80. The van der Waals surface area contributed by atoms with E-state index in [-0.39, 0.29) is 0 Å². The summed E-state index contributed by atoms with van der Waals surface area (Å²) in [5.74, 6) is 0. The molecule has 1 aromatic rings. The predicted octanol–water partition coefficient (Wildman–Crippen LogP) is 0.978. The standard InChI is InChI=1S/C8H6NO2/c10-5-7-2-1-3-8(4-7)9-6-11/h1-5H,(H,9,11). The topological polar surface area (TPSA) is 46.2 Å². The summed E-state index contributed by atoms with van der Waals surface area (Å²) in [7, 11) is 0. The van der Waals surface area contributed by atoms with Crippen LogP contribution in [0, 0.1) is 0 Å². The second-order valence-electron chi connectivity index (χ2n) is 1.97. The van der Waals surface area contributed by atoms with Gasteiger partial charge in [-0.25, -0.2) is 0 Å². The molecule has 55 valence electrons. The Morgan fingerprint density at radius 1 is 1.45 bits per heavy atom. The SMILES string of the molecule is O=[C]Nc1cccc(C=O)c1. The van der Waals surface area contributed by atoms with E-state index in [1.807, 2.05) is 0 Å². The quantitative estimate of drug-likeness (QED) is 0.513. The molecule has 0 aromatic heterocycles. The Labute approximate surface area is 64.0 Å². The molecule has 1 rings (SSSR count). The van der Waals surface area contributed by atoms with Gasteiger partial charge in [-0.05, 0) is 12.1 Å². The number of anilines is 1. The van der Waals surface area contributed by atoms with Gasteiger partial charge in [0.25, 0.3) is 0 Å². The summed E-state index contributed by atoms with van der Waals surface area (Å²) in [5, 5.41) is 2.32. The van der Waals surface area contributed by atoms with Crippen LogP contribution in [0.25, 0.3) is 0 Å². The third-order valence-electron chi connectivity index (χ3n) is 1.22. The molecule has 11 heavy (non-hydrogen) atoms. The molecule has 0 fully saturated rings. The molecule has 0 atom stereocenters. The van der Waals surface area contributed by atoms with Gasteiger partial charge in [-0.15, -0.1) is 0 Å². The van der Waals surface area contributed by atoms with Crippen molar-refractivity contribution in [1.29, 1.82) is 0 Å². The largest absolute Gasteiger partial charge is 0.318 e. The van der Waals surface area contributed by atoms with Crippen molar-refractivity contribution in [2.75, 3.05) is 5.32 Å². The van der Waals surface area contributed by atoms with Crippen molar-refractivity contribution in [2.24, 2.45) is 0 Å². The lowest BCUT2D eigenvalue weighted by molar-refractivity contribution is 0.112. The Morgan fingerprint density at radius 3 is 2.91 bits per heavy atom. The maximum Gasteiger partial charge on any atom is 0.314 e. The van der Waals surface area contributed by atoms with Crippen LogP contribution in [0.1, 0.15) is 10.4 Å². The minimum atomic E-state index is 0.533. The molecule has 0 saturated heterocycles. The zero-order valence-corrected chi connectivity index (χ0v) is 5.70. The van der Waals surface area contributed by atoms with Crippen LogP contribution in [-0.2, 0) is 4.79 Å². The van der Waals surface area contributed by atoms with Gasteiger partial charge in [0.2, 0.25) is 0 Å². The van der Waals surface area contributed by atoms with Crippen LogP contribution in [0.15, 0.2) is 24.3 Å². The van der Waals surface area contributed by atoms with Crippen LogP contribution in [0.5, 0.6) is 0 Å². The van der Waals surface area contributed by atoms with E-state index in [0.717, 1.165) is 6.29 Å². The molecule has 1 aromatic carbocycles. The molecule has 0 unspecified atom stereocenters. The number of hydrogen-bond donors (Lipinski definition) is 1. The van der Waals surface area contributed by atoms with E-state index < -0.39 is 0 Å². The Bertz CT molecular complexity index is 271. The number of carbonyl (C=O) groups excluding carboxylic acids is 2. The van der Waals surface area contributed by atoms with Gasteiger partial charge in [0.15, 0.2) is 0 Å². The van der Waals surface area contributed by atoms with Gasteiger partial charge in [-0.3, -0.25) is 9.59 Å². The van der Waals surface area contributed by atoms with Crippen LogP contribution in [0.4, 0.5) is 5.69 Å². The average Bonchev–Trinajstić information content (AvgIpc) is 2.06. The van der Waals surface area contributed by atoms with Crippen LogP contribution in [0.3, 0.4) is 0 Å². The van der Waals surface area contributed by atoms with E-state index in [0.29, 0.717) is 11.3 Å². The monoisotopic (exact) mass is 148 g/mol. The van der Waals surface area contributed by atoms with Gasteiger partial charge in [0, 0.05) is 11.3 Å². The van der Waals surface area contributed by atoms with Gasteiger partial charge in [-0.1, -0.05) is 12.1 Å². The maximum absolute atomic E-state index is 10.2. The highest BCUT2D eigenvalue weighted by atomic mass is 16.1. The number of rotatable bonds is 3. The molecular weight excluding hydrogens is 142 g/mol. The summed E-state index contributed by atoms with van der Waals surface area (Å²) in [4.78, 5) is 20.1. The summed E-state index contributed by atoms with van der Waals surface area (Å²) in [6.45, 7) is 0. The van der Waals surface area contributed by atoms with E-state index in [1.165, 1.54) is 6.41 Å². The lowest BCUT2D eigenvalue weighted by Crippen LogP contribution is -1.93. The molecule has 1 N–H and O–H groups in total. The second-order valence-corrected chi connectivity index (χ2v) is 1.97. The molecule has 0 bridgehead atoms. The average molecular weight is 148 g/mol. The smallest absolute Gasteiger partial charge is 0.314 e. The predicted molar refractivity (Wildman–Crippen MR) is 41.1 cm³/mol. The highest BCUT2D eigenvalue weighted by Gasteiger charge is 1.91. The fourth-order valence-electron chi connectivity index (χ4n) is 0.749. The molecule has 1 radical (unpaired) electrons. The molecule has 3 heteroatoms. The van der Waals surface area contributed by atoms with Crippen molar-refractivity contribution in [3.05, 3.63) is 29.8 Å². The molecular formula is C8H6NO2. The molecule has 0 saturated carbocycles. The van der Waals surface area contributed by atoms with Gasteiger partial charge in [0.05, 0.1) is 0 Å². The minimum Gasteiger partial charge on any atom is -0.318 e. The van der Waals surface area contributed by atoms with Gasteiger partial charge >= 0.3 is 6.41 Å². The molecule has 0 aliphatic rings. The van der Waals surface area contributed by atoms with Crippen molar-refractivity contribution in [3.8, 4) is 0 Å². The molecule has 0 aliphatic carbocycles. The first kappa shape index (κ1) is 7.47. The molecule has 1 amide bonds. The van der Waals surface area contributed by atoms with E-state index in [4.69, 9.17) is 0 Å². The van der Waals surface area contributed by atoms with E-state index in [1.54, 1.807) is 24.3 Å². The third kappa shape index (κ3) is 1.89. The summed E-state index contributed by atoms with van der Waals surface area (Å²) in [5.41, 5.74) is 1.11. The highest BCUT2D eigenvalue weighted by Crippen LogP contribution is 2.07. The minimum absolute atomic E-state index is 0.533. The Balaban J connectivity index is 2.90. The summed E-state index contributed by atoms with van der Waals surface area (Å²) >= 11 is 0. The van der Waals surface area contributed by atoms with Crippen molar-refractivity contribution >= 4 is 18.4 Å². The normalized spacial score (nSPS) is 8.73. The first-order valence-corrected chi connectivity index (χ1v) is 3.05. The maximum atomic E-state index is 10.2. The van der Waals surface area contributed by atoms with E-state index in [9.17, 15) is 9.59 Å². The lowest BCUT2D eigenvalue weighted by atomic mass is 10.2. The van der Waals surface area contributed by atoms with Crippen molar-refractivity contribution in [3.63, 3.8) is 0 Å². The van der Waals surface area contributed by atoms with Crippen molar-refractivity contribution in [2.45, 2.75) is 0 Å². The molecule has 0 aliphatic heterocycles. The molecule has 0 spiro atoms. The van der Waals surface area contributed by atoms with Gasteiger partial charge in [-0.2, -0.15) is 0 Å². The van der Waals surface area contributed by atoms with Crippen LogP contribution in [-0.4, -0.2) is 12.7 Å². The van der Waals surface area contributed by atoms with E-state index in [2.05, 4.69) is 5.32 Å². The van der Waals surface area contributed by atoms with Crippen LogP contribution in [0.2, 0.25) is 0 Å². The zero-order valence-electron chi connectivity index (χ0n) is 5.70. The molecule has 0 heterocycles. The Morgan fingerprint density at radius 2 is 2.27 bits per heavy atom. The Kier molecular flexibility index (Phi) is 2.38. The van der Waals surface area contributed by atoms with Crippen molar-refractivity contribution < 1.29 is 9.59 Å². The van der Waals surface area contributed by atoms with Gasteiger partial charge in [0.1, 0.15) is 6.29 Å². The summed E-state index contributed by atoms with van der Waals surface area (Å²) < 4.78 is 0.